The van der Waals surface area contributed by atoms with E-state index in [4.69, 9.17) is 4.99 Å². The second kappa shape index (κ2) is 5.91. The van der Waals surface area contributed by atoms with Gasteiger partial charge in [-0.3, -0.25) is 14.7 Å². The van der Waals surface area contributed by atoms with Crippen LogP contribution in [0.5, 0.6) is 0 Å². The van der Waals surface area contributed by atoms with Crippen LogP contribution < -0.4 is 4.90 Å². The number of amides is 1. The Kier molecular flexibility index (Phi) is 4.16. The van der Waals surface area contributed by atoms with Crippen LogP contribution in [0.25, 0.3) is 0 Å². The quantitative estimate of drug-likeness (QED) is 0.776. The molecule has 1 heterocycles. The molecule has 0 atom stereocenters. The first-order valence-electron chi connectivity index (χ1n) is 7.85. The maximum absolute atomic E-state index is 13.0. The average Bonchev–Trinajstić information content (AvgIpc) is 3.06. The SMILES string of the molecule is CCCCC1=NC2(CCCC2)C(=O)N1c1ccc(Br)cc1. The molecular formula is C17H21BrN2O. The van der Waals surface area contributed by atoms with E-state index in [0.717, 1.165) is 60.9 Å². The molecule has 3 rings (SSSR count). The molecule has 1 amide bonds. The van der Waals surface area contributed by atoms with Crippen LogP contribution in [0, 0.1) is 0 Å². The van der Waals surface area contributed by atoms with Crippen LogP contribution in [0.4, 0.5) is 5.69 Å². The molecule has 2 aliphatic rings. The van der Waals surface area contributed by atoms with Crippen LogP contribution in [0.3, 0.4) is 0 Å². The predicted molar refractivity (Wildman–Crippen MR) is 89.8 cm³/mol. The molecule has 1 aliphatic carbocycles. The maximum Gasteiger partial charge on any atom is 0.260 e. The first-order valence-corrected chi connectivity index (χ1v) is 8.64. The fourth-order valence-corrected chi connectivity index (χ4v) is 3.58. The van der Waals surface area contributed by atoms with Gasteiger partial charge >= 0.3 is 0 Å². The highest BCUT2D eigenvalue weighted by atomic mass is 79.9. The fourth-order valence-electron chi connectivity index (χ4n) is 3.31. The van der Waals surface area contributed by atoms with E-state index in [1.807, 2.05) is 29.2 Å². The Morgan fingerprint density at radius 3 is 2.52 bits per heavy atom. The molecule has 1 aliphatic heterocycles. The summed E-state index contributed by atoms with van der Waals surface area (Å²) in [7, 11) is 0. The minimum atomic E-state index is -0.448. The number of halogens is 1. The number of amidine groups is 1. The molecule has 3 nitrogen and oxygen atoms in total. The van der Waals surface area contributed by atoms with Crippen LogP contribution >= 0.6 is 15.9 Å². The van der Waals surface area contributed by atoms with Crippen molar-refractivity contribution in [2.24, 2.45) is 4.99 Å². The van der Waals surface area contributed by atoms with E-state index >= 15 is 0 Å². The number of benzene rings is 1. The van der Waals surface area contributed by atoms with Gasteiger partial charge in [0.2, 0.25) is 0 Å². The lowest BCUT2D eigenvalue weighted by molar-refractivity contribution is -0.121. The van der Waals surface area contributed by atoms with Crippen molar-refractivity contribution in [3.63, 3.8) is 0 Å². The van der Waals surface area contributed by atoms with Gasteiger partial charge in [-0.05, 0) is 43.5 Å². The summed E-state index contributed by atoms with van der Waals surface area (Å²) in [6, 6.07) is 7.97. The second-order valence-electron chi connectivity index (χ2n) is 5.99. The van der Waals surface area contributed by atoms with E-state index in [1.165, 1.54) is 0 Å². The highest BCUT2D eigenvalue weighted by molar-refractivity contribution is 9.10. The van der Waals surface area contributed by atoms with Crippen molar-refractivity contribution < 1.29 is 4.79 Å². The molecule has 0 bridgehead atoms. The molecule has 0 unspecified atom stereocenters. The van der Waals surface area contributed by atoms with Crippen LogP contribution in [0.15, 0.2) is 33.7 Å². The molecule has 0 radical (unpaired) electrons. The molecule has 1 saturated carbocycles. The van der Waals surface area contributed by atoms with Crippen molar-refractivity contribution in [1.29, 1.82) is 0 Å². The van der Waals surface area contributed by atoms with Gasteiger partial charge in [0, 0.05) is 10.9 Å². The number of carbonyl (C=O) groups is 1. The summed E-state index contributed by atoms with van der Waals surface area (Å²) in [5.41, 5.74) is 0.498. The maximum atomic E-state index is 13.0. The zero-order valence-electron chi connectivity index (χ0n) is 12.4. The third kappa shape index (κ3) is 2.66. The summed E-state index contributed by atoms with van der Waals surface area (Å²) in [6.45, 7) is 2.17. The Hall–Kier alpha value is -1.16. The van der Waals surface area contributed by atoms with Crippen LogP contribution in [-0.2, 0) is 4.79 Å². The predicted octanol–water partition coefficient (Wildman–Crippen LogP) is 4.70. The zero-order valence-corrected chi connectivity index (χ0v) is 14.0. The Morgan fingerprint density at radius 2 is 1.90 bits per heavy atom. The highest BCUT2D eigenvalue weighted by Gasteiger charge is 2.49. The highest BCUT2D eigenvalue weighted by Crippen LogP contribution is 2.41. The molecule has 1 fully saturated rings. The molecule has 112 valence electrons. The van der Waals surface area contributed by atoms with E-state index < -0.39 is 5.54 Å². The third-order valence-corrected chi connectivity index (χ3v) is 5.00. The molecule has 1 aromatic rings. The summed E-state index contributed by atoms with van der Waals surface area (Å²) < 4.78 is 1.03. The van der Waals surface area contributed by atoms with Crippen molar-refractivity contribution in [3.05, 3.63) is 28.7 Å². The summed E-state index contributed by atoms with van der Waals surface area (Å²) in [5, 5.41) is 0. The van der Waals surface area contributed by atoms with E-state index in [-0.39, 0.29) is 5.91 Å². The van der Waals surface area contributed by atoms with E-state index in [0.29, 0.717) is 0 Å². The van der Waals surface area contributed by atoms with Gasteiger partial charge < -0.3 is 0 Å². The van der Waals surface area contributed by atoms with Crippen molar-refractivity contribution in [2.75, 3.05) is 4.90 Å². The smallest absolute Gasteiger partial charge is 0.260 e. The van der Waals surface area contributed by atoms with E-state index in [1.54, 1.807) is 0 Å². The van der Waals surface area contributed by atoms with Crippen molar-refractivity contribution in [2.45, 2.75) is 57.4 Å². The monoisotopic (exact) mass is 348 g/mol. The number of rotatable bonds is 4. The van der Waals surface area contributed by atoms with Gasteiger partial charge in [-0.25, -0.2) is 0 Å². The Bertz CT molecular complexity index is 559. The van der Waals surface area contributed by atoms with Crippen molar-refractivity contribution >= 4 is 33.4 Å². The summed E-state index contributed by atoms with van der Waals surface area (Å²) in [5.74, 6) is 1.15. The van der Waals surface area contributed by atoms with Gasteiger partial charge in [-0.15, -0.1) is 0 Å². The number of aliphatic imine (C=N–C) groups is 1. The largest absolute Gasteiger partial charge is 0.271 e. The van der Waals surface area contributed by atoms with Gasteiger partial charge in [0.15, 0.2) is 0 Å². The average molecular weight is 349 g/mol. The molecule has 1 aromatic carbocycles. The molecule has 0 N–H and O–H groups in total. The first-order chi connectivity index (χ1) is 10.2. The van der Waals surface area contributed by atoms with Crippen molar-refractivity contribution in [3.8, 4) is 0 Å². The number of unbranched alkanes of at least 4 members (excludes halogenated alkanes) is 1. The topological polar surface area (TPSA) is 32.7 Å². The number of hydrogen-bond donors (Lipinski definition) is 0. The molecule has 0 saturated heterocycles. The Morgan fingerprint density at radius 1 is 1.24 bits per heavy atom. The first kappa shape index (κ1) is 14.8. The Labute approximate surface area is 134 Å². The molecular weight excluding hydrogens is 328 g/mol. The van der Waals surface area contributed by atoms with E-state index in [9.17, 15) is 4.79 Å². The van der Waals surface area contributed by atoms with Gasteiger partial charge in [0.05, 0.1) is 5.69 Å². The number of anilines is 1. The van der Waals surface area contributed by atoms with Gasteiger partial charge in [0.1, 0.15) is 11.4 Å². The molecule has 21 heavy (non-hydrogen) atoms. The van der Waals surface area contributed by atoms with E-state index in [2.05, 4.69) is 22.9 Å². The lowest BCUT2D eigenvalue weighted by atomic mass is 9.98. The Balaban J connectivity index is 1.95. The summed E-state index contributed by atoms with van der Waals surface area (Å²) in [6.07, 6.45) is 7.14. The minimum absolute atomic E-state index is 0.188. The standard InChI is InChI=1S/C17H21BrN2O/c1-2-3-6-15-19-17(11-4-5-12-17)16(21)20(15)14-9-7-13(18)8-10-14/h7-10H,2-6,11-12H2,1H3. The van der Waals surface area contributed by atoms with Crippen LogP contribution in [0.2, 0.25) is 0 Å². The fraction of sp³-hybridized carbons (Fsp3) is 0.529. The lowest BCUT2D eigenvalue weighted by Crippen LogP contribution is -2.41. The number of carbonyl (C=O) groups excluding carboxylic acids is 1. The van der Waals surface area contributed by atoms with Gasteiger partial charge in [-0.2, -0.15) is 0 Å². The zero-order chi connectivity index (χ0) is 14.9. The number of nitrogens with zero attached hydrogens (tertiary/aromatic N) is 2. The van der Waals surface area contributed by atoms with Crippen LogP contribution in [-0.4, -0.2) is 17.3 Å². The molecule has 4 heteroatoms. The van der Waals surface area contributed by atoms with Crippen LogP contribution in [0.1, 0.15) is 51.9 Å². The van der Waals surface area contributed by atoms with Crippen molar-refractivity contribution in [1.82, 2.24) is 0 Å². The third-order valence-electron chi connectivity index (χ3n) is 4.47. The lowest BCUT2D eigenvalue weighted by Gasteiger charge is -2.22. The normalized spacial score (nSPS) is 20.4. The van der Waals surface area contributed by atoms with Gasteiger partial charge in [0.25, 0.3) is 5.91 Å². The summed E-state index contributed by atoms with van der Waals surface area (Å²) >= 11 is 3.45. The minimum Gasteiger partial charge on any atom is -0.271 e. The molecule has 1 spiro atoms. The summed E-state index contributed by atoms with van der Waals surface area (Å²) in [4.78, 5) is 19.8. The second-order valence-corrected chi connectivity index (χ2v) is 6.90. The molecule has 0 aromatic heterocycles. The number of hydrogen-bond acceptors (Lipinski definition) is 2. The van der Waals surface area contributed by atoms with Gasteiger partial charge in [-0.1, -0.05) is 42.1 Å².